The number of ether oxygens (including phenoxy) is 1. The number of halogens is 2. The topological polar surface area (TPSA) is 75.0 Å². The summed E-state index contributed by atoms with van der Waals surface area (Å²) in [6, 6.07) is 6.48. The van der Waals surface area contributed by atoms with Crippen LogP contribution >= 0.6 is 0 Å². The number of benzene rings is 1. The van der Waals surface area contributed by atoms with Crippen LogP contribution in [-0.4, -0.2) is 70.5 Å². The quantitative estimate of drug-likeness (QED) is 0.512. The Morgan fingerprint density at radius 1 is 1.28 bits per heavy atom. The minimum absolute atomic E-state index is 0.00817. The number of carbonyl (C=O) groups excluding carboxylic acids is 1. The Balaban J connectivity index is 1.48. The molecule has 8 nitrogen and oxygen atoms in total. The zero-order valence-electron chi connectivity index (χ0n) is 18.1. The zero-order chi connectivity index (χ0) is 22.8. The zero-order valence-corrected chi connectivity index (χ0v) is 22.6. The van der Waals surface area contributed by atoms with E-state index in [0.717, 1.165) is 42.7 Å². The molecular formula is C21H25F2N6O2Tl. The third kappa shape index (κ3) is 4.59. The molecule has 2 aromatic rings. The molecule has 0 spiro atoms. The summed E-state index contributed by atoms with van der Waals surface area (Å²) in [6.07, 6.45) is -0.400. The number of aromatic nitrogens is 2. The van der Waals surface area contributed by atoms with Gasteiger partial charge in [0.25, 0.3) is 6.43 Å². The van der Waals surface area contributed by atoms with Crippen molar-refractivity contribution in [3.05, 3.63) is 46.5 Å². The monoisotopic (exact) mass is 636 g/mol. The summed E-state index contributed by atoms with van der Waals surface area (Å²) in [5.74, 6) is 0.0596. The Labute approximate surface area is 201 Å². The number of rotatable bonds is 5. The van der Waals surface area contributed by atoms with E-state index in [1.165, 1.54) is 0 Å². The molecule has 168 valence electrons. The van der Waals surface area contributed by atoms with Crippen LogP contribution in [0.1, 0.15) is 52.4 Å². The van der Waals surface area contributed by atoms with Crippen LogP contribution < -0.4 is 10.3 Å². The number of hydrogen-bond donors (Lipinski definition) is 1. The van der Waals surface area contributed by atoms with Crippen LogP contribution in [0.5, 0.6) is 0 Å². The maximum absolute atomic E-state index is 13.5. The molecule has 4 rings (SSSR count). The van der Waals surface area contributed by atoms with Gasteiger partial charge in [-0.2, -0.15) is 0 Å². The summed E-state index contributed by atoms with van der Waals surface area (Å²) >= 11 is 0.625. The summed E-state index contributed by atoms with van der Waals surface area (Å²) in [4.78, 5) is 16.9. The first-order valence-electron chi connectivity index (χ1n) is 10.6. The average Bonchev–Trinajstić information content (AvgIpc) is 3.18. The third-order valence-corrected chi connectivity index (χ3v) is 7.57. The van der Waals surface area contributed by atoms with Gasteiger partial charge in [0, 0.05) is 13.0 Å². The van der Waals surface area contributed by atoms with E-state index in [4.69, 9.17) is 4.74 Å². The Hall–Kier alpha value is -2.25. The Morgan fingerprint density at radius 2 is 2.09 bits per heavy atom. The van der Waals surface area contributed by atoms with Gasteiger partial charge in [0.15, 0.2) is 0 Å². The Kier molecular flexibility index (Phi) is 6.96. The van der Waals surface area contributed by atoms with Gasteiger partial charge in [0.1, 0.15) is 11.5 Å². The molecule has 0 saturated carbocycles. The second-order valence-electron chi connectivity index (χ2n) is 7.88. The van der Waals surface area contributed by atoms with E-state index in [9.17, 15) is 13.6 Å². The molecule has 3 heterocycles. The molecule has 0 bridgehead atoms. The Morgan fingerprint density at radius 3 is 2.81 bits per heavy atom. The van der Waals surface area contributed by atoms with E-state index in [0.29, 0.717) is 50.9 Å². The van der Waals surface area contributed by atoms with Crippen LogP contribution in [0.15, 0.2) is 23.3 Å². The number of amidine groups is 1. The van der Waals surface area contributed by atoms with Crippen molar-refractivity contribution in [1.29, 1.82) is 0 Å². The van der Waals surface area contributed by atoms with Crippen molar-refractivity contribution in [1.82, 2.24) is 17.6 Å². The molecule has 1 N–H and O–H groups in total. The van der Waals surface area contributed by atoms with Gasteiger partial charge in [-0.15, -0.1) is 0 Å². The van der Waals surface area contributed by atoms with Gasteiger partial charge < -0.3 is 4.57 Å². The summed E-state index contributed by atoms with van der Waals surface area (Å²) in [5.41, 5.74) is 2.44. The van der Waals surface area contributed by atoms with E-state index in [-0.39, 0.29) is 12.2 Å². The molecule has 0 unspecified atom stereocenters. The molecule has 0 radical (unpaired) electrons. The number of aryl methyl sites for hydroxylation is 2. The van der Waals surface area contributed by atoms with Crippen LogP contribution in [0, 0.1) is 6.92 Å². The SMILES string of the molecule is COC1=NN(c2ccc(CNC(=O)c3c(C(F)F)nc4n3CCCC4)cc2C)CC[N]1[Tl]. The number of fused-ring (bicyclic) bond motifs is 1. The summed E-state index contributed by atoms with van der Waals surface area (Å²) in [5, 5.41) is 9.28. The van der Waals surface area contributed by atoms with Crippen molar-refractivity contribution in [2.75, 3.05) is 25.2 Å². The average molecular weight is 636 g/mol. The number of anilines is 1. The number of nitrogens with one attached hydrogen (secondary N) is 1. The fourth-order valence-electron chi connectivity index (χ4n) is 4.12. The van der Waals surface area contributed by atoms with Crippen molar-refractivity contribution in [3.8, 4) is 0 Å². The Bertz CT molecular complexity index is 1040. The molecular weight excluding hydrogens is 611 g/mol. The molecule has 0 aliphatic carbocycles. The maximum atomic E-state index is 13.5. The predicted octanol–water partition coefficient (Wildman–Crippen LogP) is 2.52. The normalized spacial score (nSPS) is 16.1. The molecule has 2 aliphatic rings. The van der Waals surface area contributed by atoms with E-state index in [1.54, 1.807) is 11.7 Å². The summed E-state index contributed by atoms with van der Waals surface area (Å²) in [7, 11) is 1.62. The molecule has 32 heavy (non-hydrogen) atoms. The predicted molar refractivity (Wildman–Crippen MR) is 117 cm³/mol. The molecule has 1 aromatic heterocycles. The van der Waals surface area contributed by atoms with Crippen molar-refractivity contribution >= 4 is 43.7 Å². The number of imidazole rings is 1. The number of alkyl halides is 2. The van der Waals surface area contributed by atoms with Crippen LogP contribution in [0.25, 0.3) is 0 Å². The van der Waals surface area contributed by atoms with E-state index in [1.807, 2.05) is 30.1 Å². The third-order valence-electron chi connectivity index (χ3n) is 5.71. The first kappa shape index (κ1) is 22.9. The summed E-state index contributed by atoms with van der Waals surface area (Å²) < 4.78 is 36.1. The first-order chi connectivity index (χ1) is 15.4. The van der Waals surface area contributed by atoms with Crippen molar-refractivity contribution in [3.63, 3.8) is 0 Å². The number of nitrogens with zero attached hydrogens (tertiary/aromatic N) is 5. The molecule has 0 saturated heterocycles. The fourth-order valence-corrected chi connectivity index (χ4v) is 5.18. The van der Waals surface area contributed by atoms with E-state index < -0.39 is 18.0 Å². The van der Waals surface area contributed by atoms with Gasteiger partial charge >= 0.3 is 140 Å². The second-order valence-corrected chi connectivity index (χ2v) is 10.3. The minimum atomic E-state index is -2.78. The molecule has 1 amide bonds. The molecule has 11 heteroatoms. The van der Waals surface area contributed by atoms with Crippen molar-refractivity contribution < 1.29 is 18.3 Å². The van der Waals surface area contributed by atoms with Gasteiger partial charge in [-0.3, -0.25) is 0 Å². The van der Waals surface area contributed by atoms with Crippen molar-refractivity contribution in [2.24, 2.45) is 5.10 Å². The molecule has 2 aliphatic heterocycles. The van der Waals surface area contributed by atoms with Crippen LogP contribution in [-0.2, 0) is 24.2 Å². The number of carbonyl (C=O) groups is 1. The first-order valence-corrected chi connectivity index (χ1v) is 12.6. The van der Waals surface area contributed by atoms with Crippen LogP contribution in [0.4, 0.5) is 14.5 Å². The summed E-state index contributed by atoms with van der Waals surface area (Å²) in [6.45, 7) is 4.40. The van der Waals surface area contributed by atoms with Gasteiger partial charge in [-0.25, -0.2) is 13.8 Å². The van der Waals surface area contributed by atoms with Gasteiger partial charge in [-0.05, 0) is 12.8 Å². The number of amides is 1. The van der Waals surface area contributed by atoms with Crippen LogP contribution in [0.3, 0.4) is 0 Å². The molecule has 0 fully saturated rings. The number of hydrazone groups is 1. The molecule has 1 aromatic carbocycles. The van der Waals surface area contributed by atoms with Gasteiger partial charge in [-0.1, -0.05) is 0 Å². The standard InChI is InChI=1S/C21H26F2N6O2.Tl/c1-13-11-14(6-7-15(13)29-10-8-24-21(27-29)31-2)12-25-20(30)18-17(19(22)23)26-16-5-3-4-9-28(16)18;/h6-7,11,19H,3-5,8-10,12H2,1-2H3,(H2,24,25,27,30);/q;+1/p-1. The van der Waals surface area contributed by atoms with Gasteiger partial charge in [0.05, 0.1) is 0 Å². The molecule has 0 atom stereocenters. The fraction of sp³-hybridized carbons (Fsp3) is 0.476. The van der Waals surface area contributed by atoms with Crippen LogP contribution in [0.2, 0.25) is 0 Å². The van der Waals surface area contributed by atoms with Gasteiger partial charge in [0.2, 0.25) is 0 Å². The van der Waals surface area contributed by atoms with E-state index in [2.05, 4.69) is 18.1 Å². The van der Waals surface area contributed by atoms with E-state index >= 15 is 0 Å². The second kappa shape index (κ2) is 9.71. The number of hydrogen-bond acceptors (Lipinski definition) is 6. The van der Waals surface area contributed by atoms with Crippen molar-refractivity contribution in [2.45, 2.75) is 45.7 Å². The number of methoxy groups -OCH3 is 1.